The fourth-order valence-corrected chi connectivity index (χ4v) is 8.81. The molecule has 2 atom stereocenters. The third kappa shape index (κ3) is 7.17. The molecule has 2 unspecified atom stereocenters. The minimum atomic E-state index is -4.83. The molecule has 0 radical (unpaired) electrons. The SMILES string of the molecule is Cc1cc(N2C(=O)NC(=O)C3CCN(C)CCC32)cc(C)c1CCS(=O)(=O)N1CCC2(CC1)N=C(c1ccc(OC(F)(F)F)cc1)NC2=O. The maximum absolute atomic E-state index is 13.5. The highest BCUT2D eigenvalue weighted by Gasteiger charge is 2.48. The third-order valence-electron chi connectivity index (χ3n) is 10.1. The Morgan fingerprint density at radius 3 is 2.22 bits per heavy atom. The summed E-state index contributed by atoms with van der Waals surface area (Å²) in [5.41, 5.74) is 2.47. The number of hydrogen-bond donors (Lipinski definition) is 2. The van der Waals surface area contributed by atoms with Gasteiger partial charge in [0.1, 0.15) is 17.1 Å². The van der Waals surface area contributed by atoms with E-state index in [9.17, 15) is 36.0 Å². The second kappa shape index (κ2) is 13.0. The van der Waals surface area contributed by atoms with Crippen molar-refractivity contribution < 1.29 is 40.7 Å². The molecule has 12 nitrogen and oxygen atoms in total. The van der Waals surface area contributed by atoms with Crippen molar-refractivity contribution in [2.45, 2.75) is 63.9 Å². The van der Waals surface area contributed by atoms with Crippen molar-refractivity contribution in [3.63, 3.8) is 0 Å². The summed E-state index contributed by atoms with van der Waals surface area (Å²) in [5, 5.41) is 5.22. The number of rotatable bonds is 7. The molecule has 0 aromatic heterocycles. The predicted octanol–water partition coefficient (Wildman–Crippen LogP) is 3.25. The molecule has 4 amide bonds. The minimum absolute atomic E-state index is 0.0856. The van der Waals surface area contributed by atoms with E-state index in [0.717, 1.165) is 41.9 Å². The number of aryl methyl sites for hydroxylation is 2. The summed E-state index contributed by atoms with van der Waals surface area (Å²) in [4.78, 5) is 47.2. The molecule has 264 valence electrons. The van der Waals surface area contributed by atoms with Gasteiger partial charge in [-0.1, -0.05) is 0 Å². The Bertz CT molecular complexity index is 1770. The Morgan fingerprint density at radius 2 is 1.59 bits per heavy atom. The number of piperidine rings is 1. The molecule has 0 bridgehead atoms. The fourth-order valence-electron chi connectivity index (χ4n) is 7.36. The molecule has 6 rings (SSSR count). The van der Waals surface area contributed by atoms with Crippen molar-refractivity contribution in [3.8, 4) is 5.75 Å². The van der Waals surface area contributed by atoms with Crippen LogP contribution in [0, 0.1) is 19.8 Å². The highest BCUT2D eigenvalue weighted by molar-refractivity contribution is 7.89. The number of hydrogen-bond acceptors (Lipinski definition) is 8. The van der Waals surface area contributed by atoms with E-state index in [2.05, 4.69) is 25.3 Å². The number of carbonyl (C=O) groups is 3. The lowest BCUT2D eigenvalue weighted by molar-refractivity contribution is -0.274. The zero-order valence-corrected chi connectivity index (χ0v) is 28.3. The van der Waals surface area contributed by atoms with Crippen LogP contribution in [0.1, 0.15) is 47.9 Å². The molecule has 3 fully saturated rings. The number of imide groups is 1. The number of anilines is 1. The largest absolute Gasteiger partial charge is 0.573 e. The van der Waals surface area contributed by atoms with Crippen molar-refractivity contribution in [1.82, 2.24) is 19.8 Å². The van der Waals surface area contributed by atoms with Crippen LogP contribution in [0.15, 0.2) is 41.4 Å². The van der Waals surface area contributed by atoms with Gasteiger partial charge in [0.15, 0.2) is 0 Å². The van der Waals surface area contributed by atoms with Crippen molar-refractivity contribution in [2.75, 3.05) is 43.9 Å². The van der Waals surface area contributed by atoms with Crippen molar-refractivity contribution >= 4 is 39.4 Å². The Balaban J connectivity index is 1.10. The number of nitrogens with one attached hydrogen (secondary N) is 2. The number of amidine groups is 1. The average molecular weight is 705 g/mol. The second-order valence-electron chi connectivity index (χ2n) is 13.3. The fraction of sp³-hybridized carbons (Fsp3) is 0.515. The molecular weight excluding hydrogens is 665 g/mol. The number of nitrogens with zero attached hydrogens (tertiary/aromatic N) is 4. The van der Waals surface area contributed by atoms with Gasteiger partial charge < -0.3 is 15.0 Å². The molecular formula is C33H39F3N6O6S. The second-order valence-corrected chi connectivity index (χ2v) is 15.3. The smallest absolute Gasteiger partial charge is 0.406 e. The molecule has 4 aliphatic rings. The maximum atomic E-state index is 13.5. The van der Waals surface area contributed by atoms with Crippen molar-refractivity contribution in [2.24, 2.45) is 10.9 Å². The van der Waals surface area contributed by atoms with Gasteiger partial charge in [-0.2, -0.15) is 0 Å². The number of fused-ring (bicyclic) bond motifs is 1. The van der Waals surface area contributed by atoms with Gasteiger partial charge in [-0.3, -0.25) is 24.8 Å². The van der Waals surface area contributed by atoms with Crippen LogP contribution in [0.4, 0.5) is 23.7 Å². The van der Waals surface area contributed by atoms with Crippen LogP contribution in [-0.4, -0.2) is 98.2 Å². The van der Waals surface area contributed by atoms with Gasteiger partial charge >= 0.3 is 12.4 Å². The number of aliphatic imine (C=N–C) groups is 1. The highest BCUT2D eigenvalue weighted by atomic mass is 32.2. The lowest BCUT2D eigenvalue weighted by Gasteiger charge is -2.39. The highest BCUT2D eigenvalue weighted by Crippen LogP contribution is 2.35. The molecule has 2 N–H and O–H groups in total. The van der Waals surface area contributed by atoms with Crippen molar-refractivity contribution in [3.05, 3.63) is 58.7 Å². The molecule has 4 aliphatic heterocycles. The quantitative estimate of drug-likeness (QED) is 0.451. The molecule has 3 saturated heterocycles. The van der Waals surface area contributed by atoms with Crippen LogP contribution in [0.3, 0.4) is 0 Å². The maximum Gasteiger partial charge on any atom is 0.573 e. The van der Waals surface area contributed by atoms with E-state index < -0.39 is 33.7 Å². The number of urea groups is 1. The number of ether oxygens (including phenoxy) is 1. The van der Waals surface area contributed by atoms with Gasteiger partial charge in [-0.15, -0.1) is 13.2 Å². The summed E-state index contributed by atoms with van der Waals surface area (Å²) >= 11 is 0. The first kappa shape index (κ1) is 34.8. The van der Waals surface area contributed by atoms with Gasteiger partial charge in [0.05, 0.1) is 17.7 Å². The van der Waals surface area contributed by atoms with E-state index >= 15 is 0 Å². The molecule has 2 aromatic carbocycles. The van der Waals surface area contributed by atoms with Crippen LogP contribution < -0.4 is 20.3 Å². The van der Waals surface area contributed by atoms with Gasteiger partial charge in [0, 0.05) is 24.3 Å². The Hall–Kier alpha value is -4.02. The summed E-state index contributed by atoms with van der Waals surface area (Å²) in [7, 11) is -1.70. The van der Waals surface area contributed by atoms with Crippen LogP contribution in [0.2, 0.25) is 0 Å². The van der Waals surface area contributed by atoms with E-state index in [1.54, 1.807) is 4.90 Å². The standard InChI is InChI=1S/C33H39F3N6O6S/c1-20-18-23(42-27-9-14-40(3)13-8-26(27)29(43)38-31(42)45)19-21(2)25(20)10-17-49(46,47)41-15-11-32(12-16-41)30(44)37-28(39-32)22-4-6-24(7-5-22)48-33(34,35)36/h4-7,18-19,26-27H,8-17H2,1-3H3,(H,37,39,44)(H,38,43,45). The zero-order chi connectivity index (χ0) is 35.3. The first-order valence-corrected chi connectivity index (χ1v) is 17.8. The molecule has 16 heteroatoms. The van der Waals surface area contributed by atoms with Crippen molar-refractivity contribution in [1.29, 1.82) is 0 Å². The van der Waals surface area contributed by atoms with E-state index in [0.29, 0.717) is 24.1 Å². The molecule has 4 heterocycles. The first-order chi connectivity index (χ1) is 23.0. The molecule has 0 aliphatic carbocycles. The number of benzene rings is 2. The van der Waals surface area contributed by atoms with E-state index in [4.69, 9.17) is 0 Å². The number of likely N-dealkylation sites (tertiary alicyclic amines) is 1. The summed E-state index contributed by atoms with van der Waals surface area (Å²) in [6, 6.07) is 8.04. The predicted molar refractivity (Wildman–Crippen MR) is 175 cm³/mol. The topological polar surface area (TPSA) is 141 Å². The normalized spacial score (nSPS) is 23.5. The number of halogens is 3. The van der Waals surface area contributed by atoms with E-state index in [1.807, 2.05) is 33.0 Å². The lowest BCUT2D eigenvalue weighted by Crippen LogP contribution is -2.60. The van der Waals surface area contributed by atoms with Gasteiger partial charge in [0.2, 0.25) is 15.9 Å². The first-order valence-electron chi connectivity index (χ1n) is 16.2. The summed E-state index contributed by atoms with van der Waals surface area (Å²) in [5.74, 6) is -1.26. The Kier molecular flexibility index (Phi) is 9.26. The number of carbonyl (C=O) groups excluding carboxylic acids is 3. The van der Waals surface area contributed by atoms with Gasteiger partial charge in [-0.25, -0.2) is 17.5 Å². The van der Waals surface area contributed by atoms with Crippen LogP contribution in [0.5, 0.6) is 5.75 Å². The van der Waals surface area contributed by atoms with E-state index in [1.165, 1.54) is 16.4 Å². The molecule has 1 spiro atoms. The summed E-state index contributed by atoms with van der Waals surface area (Å²) in [6.07, 6.45) is -2.95. The molecule has 49 heavy (non-hydrogen) atoms. The van der Waals surface area contributed by atoms with Crippen LogP contribution in [0.25, 0.3) is 0 Å². The lowest BCUT2D eigenvalue weighted by atomic mass is 9.89. The monoisotopic (exact) mass is 704 g/mol. The Morgan fingerprint density at radius 1 is 0.959 bits per heavy atom. The number of sulfonamides is 1. The van der Waals surface area contributed by atoms with Gasteiger partial charge in [0.25, 0.3) is 5.91 Å². The number of amides is 4. The third-order valence-corrected chi connectivity index (χ3v) is 11.9. The van der Waals surface area contributed by atoms with Crippen LogP contribution in [-0.2, 0) is 26.0 Å². The number of alkyl halides is 3. The molecule has 0 saturated carbocycles. The van der Waals surface area contributed by atoms with Crippen LogP contribution >= 0.6 is 0 Å². The minimum Gasteiger partial charge on any atom is -0.406 e. The summed E-state index contributed by atoms with van der Waals surface area (Å²) in [6.45, 7) is 5.48. The average Bonchev–Trinajstić information content (AvgIpc) is 3.19. The molecule has 2 aromatic rings. The Labute approximate surface area is 282 Å². The summed E-state index contributed by atoms with van der Waals surface area (Å²) < 4.78 is 69.8. The van der Waals surface area contributed by atoms with E-state index in [-0.39, 0.29) is 67.7 Å². The van der Waals surface area contributed by atoms with Gasteiger partial charge in [-0.05, 0) is 119 Å². The zero-order valence-electron chi connectivity index (χ0n) is 27.5.